The topological polar surface area (TPSA) is 185 Å². The van der Waals surface area contributed by atoms with E-state index >= 15 is 0 Å². The van der Waals surface area contributed by atoms with Crippen molar-refractivity contribution in [1.29, 1.82) is 0 Å². The van der Waals surface area contributed by atoms with Gasteiger partial charge in [0.25, 0.3) is 5.91 Å². The van der Waals surface area contributed by atoms with Crippen molar-refractivity contribution in [2.24, 2.45) is 22.6 Å². The lowest BCUT2D eigenvalue weighted by Gasteiger charge is -2.31. The molecule has 1 saturated carbocycles. The van der Waals surface area contributed by atoms with Crippen LogP contribution in [0.4, 0.5) is 5.69 Å². The number of hydrogen-bond donors (Lipinski definition) is 5. The quantitative estimate of drug-likeness (QED) is 0.135. The minimum Gasteiger partial charge on any atom is -0.462 e. The maximum atomic E-state index is 13.3. The number of nitrogens with two attached hydrogens (primary N) is 3. The number of esters is 1. The number of benzene rings is 2. The molecule has 0 bridgehead atoms. The van der Waals surface area contributed by atoms with Crippen molar-refractivity contribution in [3.05, 3.63) is 53.7 Å². The van der Waals surface area contributed by atoms with Crippen LogP contribution in [0.2, 0.25) is 0 Å². The van der Waals surface area contributed by atoms with E-state index in [1.807, 2.05) is 41.0 Å². The highest BCUT2D eigenvalue weighted by atomic mass is 16.5. The number of fused-ring (bicyclic) bond motifs is 3. The number of anilines is 1. The maximum absolute atomic E-state index is 13.3. The first kappa shape index (κ1) is 34.1. The average molecular weight is 645 g/mol. The van der Waals surface area contributed by atoms with Gasteiger partial charge in [0.1, 0.15) is 6.10 Å². The van der Waals surface area contributed by atoms with Gasteiger partial charge in [0.15, 0.2) is 0 Å². The Hall–Kier alpha value is -4.22. The average Bonchev–Trinajstić information content (AvgIpc) is 3.35. The van der Waals surface area contributed by atoms with Crippen molar-refractivity contribution < 1.29 is 23.9 Å². The predicted octanol–water partition coefficient (Wildman–Crippen LogP) is 4.25. The number of nitrogens with zero attached hydrogens (tertiary/aromatic N) is 1. The van der Waals surface area contributed by atoms with Gasteiger partial charge in [0.05, 0.1) is 23.5 Å². The first-order valence-electron chi connectivity index (χ1n) is 16.8. The third-order valence-electron chi connectivity index (χ3n) is 9.34. The van der Waals surface area contributed by atoms with Gasteiger partial charge in [-0.15, -0.1) is 0 Å². The van der Waals surface area contributed by atoms with E-state index in [1.165, 1.54) is 0 Å². The number of para-hydroxylation sites is 1. The summed E-state index contributed by atoms with van der Waals surface area (Å²) in [6.45, 7) is 4.98. The van der Waals surface area contributed by atoms with Crippen LogP contribution in [-0.4, -0.2) is 59.5 Å². The molecular formula is C36H48N6O5. The van der Waals surface area contributed by atoms with Crippen LogP contribution in [0.5, 0.6) is 0 Å². The second kappa shape index (κ2) is 14.7. The number of amides is 2. The van der Waals surface area contributed by atoms with Crippen molar-refractivity contribution in [2.75, 3.05) is 18.4 Å². The number of carbonyl (C=O) groups is 4. The molecule has 1 aliphatic carbocycles. The number of ether oxygens (including phenoxy) is 1. The fourth-order valence-corrected chi connectivity index (χ4v) is 6.95. The van der Waals surface area contributed by atoms with Crippen LogP contribution in [0.25, 0.3) is 22.0 Å². The summed E-state index contributed by atoms with van der Waals surface area (Å²) in [7, 11) is 0. The summed E-state index contributed by atoms with van der Waals surface area (Å²) in [5.41, 5.74) is 21.9. The van der Waals surface area contributed by atoms with Crippen LogP contribution in [0.3, 0.4) is 0 Å². The summed E-state index contributed by atoms with van der Waals surface area (Å²) in [6, 6.07) is 13.0. The van der Waals surface area contributed by atoms with Gasteiger partial charge in [0.2, 0.25) is 11.8 Å². The maximum Gasteiger partial charge on any atom is 0.307 e. The third-order valence-corrected chi connectivity index (χ3v) is 9.34. The van der Waals surface area contributed by atoms with Crippen LogP contribution in [0.15, 0.2) is 42.5 Å². The van der Waals surface area contributed by atoms with E-state index in [-0.39, 0.29) is 48.3 Å². The molecule has 0 radical (unpaired) electrons. The number of aromatic nitrogens is 1. The molecule has 3 aromatic rings. The normalized spacial score (nSPS) is 19.5. The molecule has 1 atom stereocenters. The molecule has 2 aliphatic rings. The molecule has 2 aromatic carbocycles. The summed E-state index contributed by atoms with van der Waals surface area (Å²) in [6.07, 6.45) is 6.07. The van der Waals surface area contributed by atoms with E-state index < -0.39 is 11.9 Å². The van der Waals surface area contributed by atoms with E-state index in [4.69, 9.17) is 21.9 Å². The van der Waals surface area contributed by atoms with Gasteiger partial charge in [-0.05, 0) is 80.7 Å². The van der Waals surface area contributed by atoms with Gasteiger partial charge in [-0.25, -0.2) is 0 Å². The van der Waals surface area contributed by atoms with Crippen LogP contribution < -0.4 is 27.8 Å². The van der Waals surface area contributed by atoms with E-state index in [0.29, 0.717) is 43.5 Å². The minimum atomic E-state index is -0.610. The second-order valence-corrected chi connectivity index (χ2v) is 13.8. The van der Waals surface area contributed by atoms with E-state index in [1.54, 1.807) is 6.07 Å². The standard InChI is InChI=1S/C36H48N6O5/c1-36(2)20-30-33(26-7-3-4-9-29(26)42(30)31(43)21-36)22-10-15-25(34(39)45)28(19-22)41-23-11-13-24(14-12-23)47-32(44)16-18-40-35(46)27(38)8-5-6-17-37/h3-4,7,9-10,15,19,23-24,27,41H,5-6,8,11-14,16-18,20-21,37-38H2,1-2H3,(H2,39,45)(H,40,46)/t23-,24-,27-/m0/s1. The van der Waals surface area contributed by atoms with Crippen molar-refractivity contribution in [3.63, 3.8) is 0 Å². The first-order valence-corrected chi connectivity index (χ1v) is 16.8. The monoisotopic (exact) mass is 644 g/mol. The van der Waals surface area contributed by atoms with Gasteiger partial charge in [0, 0.05) is 41.3 Å². The molecule has 2 amide bonds. The summed E-state index contributed by atoms with van der Waals surface area (Å²) in [4.78, 5) is 50.4. The van der Waals surface area contributed by atoms with Gasteiger partial charge in [-0.3, -0.25) is 23.7 Å². The number of rotatable bonds is 13. The Kier molecular flexibility index (Phi) is 10.7. The molecule has 11 heteroatoms. The Morgan fingerprint density at radius 2 is 1.79 bits per heavy atom. The third kappa shape index (κ3) is 8.02. The molecule has 11 nitrogen and oxygen atoms in total. The number of unbranched alkanes of at least 4 members (excludes halogenated alkanes) is 1. The van der Waals surface area contributed by atoms with Crippen molar-refractivity contribution in [2.45, 2.75) is 96.2 Å². The molecule has 1 aromatic heterocycles. The number of carbonyl (C=O) groups excluding carboxylic acids is 4. The van der Waals surface area contributed by atoms with Crippen LogP contribution in [0.1, 0.15) is 92.5 Å². The Bertz CT molecular complexity index is 1640. The Morgan fingerprint density at radius 1 is 1.04 bits per heavy atom. The molecule has 0 saturated heterocycles. The van der Waals surface area contributed by atoms with Gasteiger partial charge in [-0.1, -0.05) is 44.5 Å². The van der Waals surface area contributed by atoms with Crippen molar-refractivity contribution in [3.8, 4) is 11.1 Å². The zero-order valence-electron chi connectivity index (χ0n) is 27.5. The molecule has 5 rings (SSSR count). The van der Waals surface area contributed by atoms with Crippen LogP contribution in [0, 0.1) is 5.41 Å². The molecule has 0 spiro atoms. The fraction of sp³-hybridized carbons (Fsp3) is 0.500. The molecule has 1 aliphatic heterocycles. The van der Waals surface area contributed by atoms with Gasteiger partial charge >= 0.3 is 5.97 Å². The summed E-state index contributed by atoms with van der Waals surface area (Å²) >= 11 is 0. The van der Waals surface area contributed by atoms with Crippen molar-refractivity contribution in [1.82, 2.24) is 9.88 Å². The molecule has 1 fully saturated rings. The lowest BCUT2D eigenvalue weighted by atomic mass is 9.80. The molecule has 252 valence electrons. The molecule has 8 N–H and O–H groups in total. The number of nitrogens with one attached hydrogen (secondary N) is 2. The highest BCUT2D eigenvalue weighted by Crippen LogP contribution is 2.43. The van der Waals surface area contributed by atoms with Gasteiger partial charge < -0.3 is 32.6 Å². The summed E-state index contributed by atoms with van der Waals surface area (Å²) < 4.78 is 7.56. The summed E-state index contributed by atoms with van der Waals surface area (Å²) in [5.74, 6) is -1.06. The van der Waals surface area contributed by atoms with E-state index in [9.17, 15) is 19.2 Å². The highest BCUT2D eigenvalue weighted by molar-refractivity contribution is 6.06. The molecular weight excluding hydrogens is 596 g/mol. The minimum absolute atomic E-state index is 0.0542. The lowest BCUT2D eigenvalue weighted by molar-refractivity contribution is -0.150. The largest absolute Gasteiger partial charge is 0.462 e. The molecule has 0 unspecified atom stereocenters. The van der Waals surface area contributed by atoms with Crippen molar-refractivity contribution >= 4 is 40.3 Å². The first-order chi connectivity index (χ1) is 22.5. The second-order valence-electron chi connectivity index (χ2n) is 13.8. The van der Waals surface area contributed by atoms with Crippen LogP contribution in [-0.2, 0) is 20.7 Å². The fourth-order valence-electron chi connectivity index (χ4n) is 6.95. The SMILES string of the molecule is CC1(C)CC(=O)n2c(c(-c3ccc(C(N)=O)c(N[C@H]4CC[C@H](OC(=O)CCNC(=O)[C@@H](N)CCCCN)CC4)c3)c3ccccc32)C1. The highest BCUT2D eigenvalue weighted by Gasteiger charge is 2.35. The zero-order chi connectivity index (χ0) is 33.7. The molecule has 2 heterocycles. The number of hydrogen-bond acceptors (Lipinski definition) is 8. The van der Waals surface area contributed by atoms with E-state index in [2.05, 4.69) is 24.5 Å². The van der Waals surface area contributed by atoms with E-state index in [0.717, 1.165) is 59.8 Å². The lowest BCUT2D eigenvalue weighted by Crippen LogP contribution is -2.41. The Balaban J connectivity index is 1.22. The smallest absolute Gasteiger partial charge is 0.307 e. The Labute approximate surface area is 275 Å². The zero-order valence-corrected chi connectivity index (χ0v) is 27.5. The predicted molar refractivity (Wildman–Crippen MR) is 183 cm³/mol. The molecule has 47 heavy (non-hydrogen) atoms. The van der Waals surface area contributed by atoms with Gasteiger partial charge in [-0.2, -0.15) is 0 Å². The number of primary amides is 1. The summed E-state index contributed by atoms with van der Waals surface area (Å²) in [5, 5.41) is 7.26. The van der Waals surface area contributed by atoms with Crippen LogP contribution >= 0.6 is 0 Å². The Morgan fingerprint density at radius 3 is 2.51 bits per heavy atom.